The number of benzene rings is 2. The van der Waals surface area contributed by atoms with E-state index in [1.807, 2.05) is 69.3 Å². The number of nitrogens with zero attached hydrogens (tertiary/aromatic N) is 1. The third kappa shape index (κ3) is 5.90. The summed E-state index contributed by atoms with van der Waals surface area (Å²) in [6.45, 7) is 6.76. The molecule has 0 saturated carbocycles. The topological polar surface area (TPSA) is 65.0 Å². The highest BCUT2D eigenvalue weighted by Gasteiger charge is 2.28. The van der Waals surface area contributed by atoms with Crippen LogP contribution in [0, 0.1) is 0 Å². The first kappa shape index (κ1) is 21.5. The van der Waals surface area contributed by atoms with Crippen molar-refractivity contribution in [1.82, 2.24) is 0 Å². The Labute approximate surface area is 173 Å². The van der Waals surface area contributed by atoms with Gasteiger partial charge in [-0.25, -0.2) is 4.99 Å². The molecule has 0 aromatic heterocycles. The van der Waals surface area contributed by atoms with Crippen LogP contribution in [0.4, 0.5) is 0 Å². The Bertz CT molecular complexity index is 963. The normalized spacial score (nSPS) is 15.8. The van der Waals surface area contributed by atoms with Crippen molar-refractivity contribution in [3.63, 3.8) is 0 Å². The van der Waals surface area contributed by atoms with Crippen molar-refractivity contribution < 1.29 is 17.3 Å². The maximum absolute atomic E-state index is 12.0. The van der Waals surface area contributed by atoms with Gasteiger partial charge in [-0.3, -0.25) is 4.18 Å². The molecule has 0 N–H and O–H groups in total. The van der Waals surface area contributed by atoms with E-state index in [1.54, 1.807) is 0 Å². The van der Waals surface area contributed by atoms with E-state index in [9.17, 15) is 8.42 Å². The minimum atomic E-state index is -3.48. The predicted octanol–water partition coefficient (Wildman–Crippen LogP) is 4.95. The molecule has 0 amide bonds. The maximum Gasteiger partial charge on any atom is 0.267 e. The highest BCUT2D eigenvalue weighted by Crippen LogP contribution is 2.29. The summed E-state index contributed by atoms with van der Waals surface area (Å²) in [6, 6.07) is 15.8. The van der Waals surface area contributed by atoms with E-state index in [2.05, 4.69) is 4.99 Å². The van der Waals surface area contributed by atoms with Crippen LogP contribution < -0.4 is 0 Å². The summed E-state index contributed by atoms with van der Waals surface area (Å²) in [7, 11) is -3.48. The first-order valence-electron chi connectivity index (χ1n) is 10.1. The molecule has 0 atom stereocenters. The van der Waals surface area contributed by atoms with Gasteiger partial charge in [0.25, 0.3) is 10.1 Å². The van der Waals surface area contributed by atoms with Crippen molar-refractivity contribution in [3.05, 3.63) is 59.7 Å². The molecule has 2 aromatic carbocycles. The second-order valence-electron chi connectivity index (χ2n) is 7.99. The van der Waals surface area contributed by atoms with Gasteiger partial charge in [0, 0.05) is 5.56 Å². The van der Waals surface area contributed by atoms with Crippen LogP contribution in [0.3, 0.4) is 0 Å². The Morgan fingerprint density at radius 2 is 1.72 bits per heavy atom. The number of ether oxygens (including phenoxy) is 1. The van der Waals surface area contributed by atoms with Gasteiger partial charge in [0.2, 0.25) is 5.90 Å². The standard InChI is InChI=1S/C23H29NO4S/c1-4-5-8-15-29(25,26)28-16-18-11-13-19(14-12-18)20-9-6-7-10-21(20)22-24-23(2,3)17-27-22/h6-7,9-14H,4-5,8,15-17H2,1-3H3. The third-order valence-corrected chi connectivity index (χ3v) is 6.06. The van der Waals surface area contributed by atoms with E-state index in [-0.39, 0.29) is 17.9 Å². The molecule has 1 aliphatic rings. The van der Waals surface area contributed by atoms with Gasteiger partial charge in [0.05, 0.1) is 17.9 Å². The zero-order valence-electron chi connectivity index (χ0n) is 17.3. The molecule has 5 nitrogen and oxygen atoms in total. The molecule has 0 radical (unpaired) electrons. The predicted molar refractivity (Wildman–Crippen MR) is 117 cm³/mol. The lowest BCUT2D eigenvalue weighted by Crippen LogP contribution is -2.17. The fourth-order valence-electron chi connectivity index (χ4n) is 3.17. The average Bonchev–Trinajstić information content (AvgIpc) is 3.07. The summed E-state index contributed by atoms with van der Waals surface area (Å²) in [4.78, 5) is 4.69. The van der Waals surface area contributed by atoms with Crippen molar-refractivity contribution in [2.24, 2.45) is 4.99 Å². The number of unbranched alkanes of at least 4 members (excludes halogenated alkanes) is 2. The SMILES string of the molecule is CCCCCS(=O)(=O)OCc1ccc(-c2ccccc2C2=NC(C)(C)CO2)cc1. The second-order valence-corrected chi connectivity index (χ2v) is 9.75. The van der Waals surface area contributed by atoms with Crippen LogP contribution in [0.2, 0.25) is 0 Å². The van der Waals surface area contributed by atoms with E-state index in [0.717, 1.165) is 35.1 Å². The fraction of sp³-hybridized carbons (Fsp3) is 0.435. The van der Waals surface area contributed by atoms with Crippen LogP contribution in [0.5, 0.6) is 0 Å². The van der Waals surface area contributed by atoms with Crippen molar-refractivity contribution in [2.75, 3.05) is 12.4 Å². The zero-order chi connectivity index (χ0) is 20.9. The van der Waals surface area contributed by atoms with Crippen LogP contribution in [-0.4, -0.2) is 32.2 Å². The van der Waals surface area contributed by atoms with Gasteiger partial charge in [-0.2, -0.15) is 8.42 Å². The second kappa shape index (κ2) is 9.09. The summed E-state index contributed by atoms with van der Waals surface area (Å²) in [5, 5.41) is 0. The number of aliphatic imine (C=N–C) groups is 1. The molecule has 0 aliphatic carbocycles. The van der Waals surface area contributed by atoms with Gasteiger partial charge in [-0.15, -0.1) is 0 Å². The van der Waals surface area contributed by atoms with E-state index < -0.39 is 10.1 Å². The molecule has 6 heteroatoms. The molecule has 2 aromatic rings. The van der Waals surface area contributed by atoms with E-state index in [4.69, 9.17) is 8.92 Å². The van der Waals surface area contributed by atoms with E-state index in [0.29, 0.717) is 18.9 Å². The molecule has 1 heterocycles. The summed E-state index contributed by atoms with van der Waals surface area (Å²) < 4.78 is 34.9. The highest BCUT2D eigenvalue weighted by molar-refractivity contribution is 7.86. The van der Waals surface area contributed by atoms with Crippen molar-refractivity contribution in [1.29, 1.82) is 0 Å². The third-order valence-electron chi connectivity index (χ3n) is 4.79. The van der Waals surface area contributed by atoms with Crippen molar-refractivity contribution in [2.45, 2.75) is 52.2 Å². The maximum atomic E-state index is 12.0. The number of rotatable bonds is 9. The molecule has 156 valence electrons. The highest BCUT2D eigenvalue weighted by atomic mass is 32.2. The summed E-state index contributed by atoms with van der Waals surface area (Å²) in [5.41, 5.74) is 3.61. The van der Waals surface area contributed by atoms with Crippen LogP contribution in [0.15, 0.2) is 53.5 Å². The lowest BCUT2D eigenvalue weighted by molar-refractivity contribution is 0.279. The van der Waals surface area contributed by atoms with E-state index >= 15 is 0 Å². The van der Waals surface area contributed by atoms with Crippen molar-refractivity contribution in [3.8, 4) is 11.1 Å². The lowest BCUT2D eigenvalue weighted by Gasteiger charge is -2.10. The summed E-state index contributed by atoms with van der Waals surface area (Å²) >= 11 is 0. The van der Waals surface area contributed by atoms with Gasteiger partial charge in [-0.05, 0) is 43.0 Å². The molecule has 0 fully saturated rings. The minimum Gasteiger partial charge on any atom is -0.475 e. The van der Waals surface area contributed by atoms with Crippen LogP contribution >= 0.6 is 0 Å². The van der Waals surface area contributed by atoms with Gasteiger partial charge in [-0.1, -0.05) is 62.2 Å². The van der Waals surface area contributed by atoms with Crippen LogP contribution in [0.25, 0.3) is 11.1 Å². The Morgan fingerprint density at radius 1 is 1.03 bits per heavy atom. The minimum absolute atomic E-state index is 0.0559. The zero-order valence-corrected chi connectivity index (χ0v) is 18.2. The molecule has 0 spiro atoms. The molecule has 0 bridgehead atoms. The largest absolute Gasteiger partial charge is 0.475 e. The van der Waals surface area contributed by atoms with Crippen LogP contribution in [-0.2, 0) is 25.6 Å². The Balaban J connectivity index is 1.72. The number of hydrogen-bond donors (Lipinski definition) is 0. The molecular formula is C23H29NO4S. The molecule has 0 unspecified atom stereocenters. The average molecular weight is 416 g/mol. The summed E-state index contributed by atoms with van der Waals surface area (Å²) in [5.74, 6) is 0.737. The lowest BCUT2D eigenvalue weighted by atomic mass is 9.98. The monoisotopic (exact) mass is 415 g/mol. The molecule has 3 rings (SSSR count). The van der Waals surface area contributed by atoms with Crippen molar-refractivity contribution >= 4 is 16.0 Å². The van der Waals surface area contributed by atoms with Gasteiger partial charge in [0.1, 0.15) is 6.61 Å². The molecule has 1 aliphatic heterocycles. The van der Waals surface area contributed by atoms with E-state index in [1.165, 1.54) is 0 Å². The first-order valence-corrected chi connectivity index (χ1v) is 11.7. The first-order chi connectivity index (χ1) is 13.8. The Hall–Kier alpha value is -2.18. The van der Waals surface area contributed by atoms with Crippen LogP contribution in [0.1, 0.15) is 51.2 Å². The van der Waals surface area contributed by atoms with Gasteiger partial charge in [0.15, 0.2) is 0 Å². The molecule has 0 saturated heterocycles. The smallest absolute Gasteiger partial charge is 0.267 e. The van der Waals surface area contributed by atoms with Gasteiger partial charge >= 0.3 is 0 Å². The Morgan fingerprint density at radius 3 is 2.34 bits per heavy atom. The Kier molecular flexibility index (Phi) is 6.75. The summed E-state index contributed by atoms with van der Waals surface area (Å²) in [6.07, 6.45) is 2.51. The molecular weight excluding hydrogens is 386 g/mol. The fourth-order valence-corrected chi connectivity index (χ4v) is 4.16. The molecule has 29 heavy (non-hydrogen) atoms. The quantitative estimate of drug-likeness (QED) is 0.429. The number of hydrogen-bond acceptors (Lipinski definition) is 5. The van der Waals surface area contributed by atoms with Gasteiger partial charge < -0.3 is 4.74 Å².